The number of aliphatic hydroxyl groups excluding tert-OH is 1. The Morgan fingerprint density at radius 3 is 2.12 bits per heavy atom. The van der Waals surface area contributed by atoms with Crippen LogP contribution in [0.4, 0.5) is 13.2 Å². The normalized spacial score (nSPS) is 11.6. The molecule has 0 bridgehead atoms. The Hall–Kier alpha value is -2.21. The fraction of sp³-hybridized carbons (Fsp3) is 0.333. The van der Waals surface area contributed by atoms with E-state index in [4.69, 9.17) is 9.84 Å². The first-order chi connectivity index (χ1) is 11.3. The molecule has 0 saturated carbocycles. The fourth-order valence-corrected chi connectivity index (χ4v) is 2.07. The average Bonchev–Trinajstić information content (AvgIpc) is 2.52. The van der Waals surface area contributed by atoms with E-state index in [1.165, 1.54) is 18.2 Å². The summed E-state index contributed by atoms with van der Waals surface area (Å²) in [6.07, 6.45) is -4.78. The minimum atomic E-state index is -4.78. The van der Waals surface area contributed by atoms with Crippen LogP contribution in [0.15, 0.2) is 42.5 Å². The van der Waals surface area contributed by atoms with Gasteiger partial charge in [-0.1, -0.05) is 44.2 Å². The van der Waals surface area contributed by atoms with Crippen LogP contribution >= 0.6 is 0 Å². The topological polar surface area (TPSA) is 38.7 Å². The van der Waals surface area contributed by atoms with Crippen LogP contribution in [0, 0.1) is 5.92 Å². The summed E-state index contributed by atoms with van der Waals surface area (Å²) in [6, 6.07) is 11.4. The molecule has 0 unspecified atom stereocenters. The summed E-state index contributed by atoms with van der Waals surface area (Å²) in [4.78, 5) is 0. The maximum Gasteiger partial charge on any atom is 0.573 e. The number of alkyl halides is 3. The second kappa shape index (κ2) is 7.57. The van der Waals surface area contributed by atoms with Gasteiger partial charge in [0.15, 0.2) is 11.5 Å². The molecular weight excluding hydrogens is 321 g/mol. The zero-order valence-corrected chi connectivity index (χ0v) is 13.4. The van der Waals surface area contributed by atoms with Gasteiger partial charge in [-0.2, -0.15) is 0 Å². The van der Waals surface area contributed by atoms with Gasteiger partial charge in [-0.3, -0.25) is 0 Å². The maximum absolute atomic E-state index is 12.5. The summed E-state index contributed by atoms with van der Waals surface area (Å²) < 4.78 is 47.1. The standard InChI is InChI=1S/C18H19F3O3/c1-12(2)11-23-17-9-15(7-8-16(17)24-18(19,20)21)14-5-3-13(10-22)4-6-14/h3-9,12,22H,10-11H2,1-2H3. The summed E-state index contributed by atoms with van der Waals surface area (Å²) in [7, 11) is 0. The zero-order chi connectivity index (χ0) is 17.7. The molecule has 2 rings (SSSR count). The van der Waals surface area contributed by atoms with Gasteiger partial charge in [-0.05, 0) is 34.7 Å². The molecule has 0 radical (unpaired) electrons. The lowest BCUT2D eigenvalue weighted by atomic mass is 10.0. The lowest BCUT2D eigenvalue weighted by molar-refractivity contribution is -0.275. The molecule has 1 N–H and O–H groups in total. The van der Waals surface area contributed by atoms with Crippen molar-refractivity contribution in [2.75, 3.05) is 6.61 Å². The summed E-state index contributed by atoms with van der Waals surface area (Å²) in [6.45, 7) is 4.02. The highest BCUT2D eigenvalue weighted by atomic mass is 19.4. The molecule has 2 aromatic rings. The Kier molecular flexibility index (Phi) is 5.72. The van der Waals surface area contributed by atoms with Crippen molar-refractivity contribution in [1.82, 2.24) is 0 Å². The minimum Gasteiger partial charge on any atom is -0.489 e. The molecule has 0 aliphatic rings. The highest BCUT2D eigenvalue weighted by Crippen LogP contribution is 2.36. The van der Waals surface area contributed by atoms with Crippen molar-refractivity contribution in [3.05, 3.63) is 48.0 Å². The van der Waals surface area contributed by atoms with Crippen LogP contribution in [-0.2, 0) is 6.61 Å². The monoisotopic (exact) mass is 340 g/mol. The number of ether oxygens (including phenoxy) is 2. The summed E-state index contributed by atoms with van der Waals surface area (Å²) >= 11 is 0. The van der Waals surface area contributed by atoms with E-state index >= 15 is 0 Å². The van der Waals surface area contributed by atoms with E-state index in [9.17, 15) is 13.2 Å². The van der Waals surface area contributed by atoms with Gasteiger partial charge >= 0.3 is 6.36 Å². The molecule has 0 aromatic heterocycles. The van der Waals surface area contributed by atoms with Crippen LogP contribution < -0.4 is 9.47 Å². The molecule has 3 nitrogen and oxygen atoms in total. The Balaban J connectivity index is 2.34. The van der Waals surface area contributed by atoms with Crippen molar-refractivity contribution in [2.24, 2.45) is 5.92 Å². The van der Waals surface area contributed by atoms with Gasteiger partial charge in [0.25, 0.3) is 0 Å². The van der Waals surface area contributed by atoms with Crippen molar-refractivity contribution >= 4 is 0 Å². The number of hydrogen-bond donors (Lipinski definition) is 1. The van der Waals surface area contributed by atoms with Gasteiger partial charge in [-0.15, -0.1) is 13.2 Å². The number of rotatable bonds is 6. The number of hydrogen-bond acceptors (Lipinski definition) is 3. The van der Waals surface area contributed by atoms with E-state index in [1.54, 1.807) is 24.3 Å². The molecule has 0 amide bonds. The number of halogens is 3. The summed E-state index contributed by atoms with van der Waals surface area (Å²) in [5.74, 6) is -0.153. The molecule has 0 spiro atoms. The fourth-order valence-electron chi connectivity index (χ4n) is 2.07. The minimum absolute atomic E-state index is 0.0461. The lowest BCUT2D eigenvalue weighted by Gasteiger charge is -2.16. The van der Waals surface area contributed by atoms with E-state index in [0.29, 0.717) is 5.56 Å². The molecule has 0 aliphatic carbocycles. The first kappa shape index (κ1) is 18.1. The van der Waals surface area contributed by atoms with Gasteiger partial charge < -0.3 is 14.6 Å². The Morgan fingerprint density at radius 1 is 0.958 bits per heavy atom. The van der Waals surface area contributed by atoms with Gasteiger partial charge in [0, 0.05) is 0 Å². The molecule has 0 saturated heterocycles. The molecule has 0 fully saturated rings. The second-order valence-electron chi connectivity index (χ2n) is 5.77. The van der Waals surface area contributed by atoms with Crippen LogP contribution in [-0.4, -0.2) is 18.1 Å². The summed E-state index contributed by atoms with van der Waals surface area (Å²) in [5.41, 5.74) is 2.26. The number of aliphatic hydroxyl groups is 1. The van der Waals surface area contributed by atoms with E-state index < -0.39 is 6.36 Å². The third-order valence-electron chi connectivity index (χ3n) is 3.21. The molecular formula is C18H19F3O3. The van der Waals surface area contributed by atoms with Gasteiger partial charge in [0.1, 0.15) is 0 Å². The molecule has 130 valence electrons. The highest BCUT2D eigenvalue weighted by Gasteiger charge is 2.32. The van der Waals surface area contributed by atoms with Crippen molar-refractivity contribution in [2.45, 2.75) is 26.8 Å². The highest BCUT2D eigenvalue weighted by molar-refractivity contribution is 5.67. The number of benzene rings is 2. The Labute approximate surface area is 138 Å². The molecule has 0 heterocycles. The van der Waals surface area contributed by atoms with E-state index in [0.717, 1.165) is 11.1 Å². The Bertz CT molecular complexity index is 664. The zero-order valence-electron chi connectivity index (χ0n) is 13.4. The van der Waals surface area contributed by atoms with E-state index in [-0.39, 0.29) is 30.6 Å². The predicted molar refractivity (Wildman–Crippen MR) is 84.8 cm³/mol. The van der Waals surface area contributed by atoms with Crippen molar-refractivity contribution < 1.29 is 27.8 Å². The smallest absolute Gasteiger partial charge is 0.489 e. The third kappa shape index (κ3) is 5.16. The van der Waals surface area contributed by atoms with Crippen molar-refractivity contribution in [1.29, 1.82) is 0 Å². The summed E-state index contributed by atoms with van der Waals surface area (Å²) in [5, 5.41) is 9.07. The largest absolute Gasteiger partial charge is 0.573 e. The second-order valence-corrected chi connectivity index (χ2v) is 5.77. The maximum atomic E-state index is 12.5. The van der Waals surface area contributed by atoms with Crippen molar-refractivity contribution in [3.8, 4) is 22.6 Å². The Morgan fingerprint density at radius 2 is 1.58 bits per heavy atom. The van der Waals surface area contributed by atoms with Crippen molar-refractivity contribution in [3.63, 3.8) is 0 Å². The SMILES string of the molecule is CC(C)COc1cc(-c2ccc(CO)cc2)ccc1OC(F)(F)F. The quantitative estimate of drug-likeness (QED) is 0.822. The van der Waals surface area contributed by atoms with Gasteiger partial charge in [-0.25, -0.2) is 0 Å². The molecule has 6 heteroatoms. The average molecular weight is 340 g/mol. The van der Waals surface area contributed by atoms with Crippen LogP contribution in [0.3, 0.4) is 0 Å². The predicted octanol–water partition coefficient (Wildman–Crippen LogP) is 4.78. The van der Waals surface area contributed by atoms with Gasteiger partial charge in [0.2, 0.25) is 0 Å². The van der Waals surface area contributed by atoms with Crippen LogP contribution in [0.2, 0.25) is 0 Å². The van der Waals surface area contributed by atoms with E-state index in [1.807, 2.05) is 13.8 Å². The molecule has 0 atom stereocenters. The lowest BCUT2D eigenvalue weighted by Crippen LogP contribution is -2.18. The van der Waals surface area contributed by atoms with Crippen LogP contribution in [0.25, 0.3) is 11.1 Å². The van der Waals surface area contributed by atoms with Crippen LogP contribution in [0.1, 0.15) is 19.4 Å². The van der Waals surface area contributed by atoms with Crippen LogP contribution in [0.5, 0.6) is 11.5 Å². The molecule has 24 heavy (non-hydrogen) atoms. The van der Waals surface area contributed by atoms with E-state index in [2.05, 4.69) is 4.74 Å². The molecule has 2 aromatic carbocycles. The van der Waals surface area contributed by atoms with Gasteiger partial charge in [0.05, 0.1) is 13.2 Å². The third-order valence-corrected chi connectivity index (χ3v) is 3.21. The first-order valence-corrected chi connectivity index (χ1v) is 7.51. The first-order valence-electron chi connectivity index (χ1n) is 7.51. The molecule has 0 aliphatic heterocycles.